The Labute approximate surface area is 124 Å². The fourth-order valence-corrected chi connectivity index (χ4v) is 3.34. The van der Waals surface area contributed by atoms with Crippen molar-refractivity contribution in [2.45, 2.75) is 45.9 Å². The van der Waals surface area contributed by atoms with Crippen molar-refractivity contribution in [3.05, 3.63) is 45.4 Å². The normalized spacial score (nSPS) is 15.9. The maximum absolute atomic E-state index is 5.90. The molecular weight excluding hydrogens is 268 g/mol. The molecule has 2 heterocycles. The van der Waals surface area contributed by atoms with E-state index in [0.717, 1.165) is 31.0 Å². The molecule has 2 aromatic rings. The van der Waals surface area contributed by atoms with Crippen LogP contribution in [0.25, 0.3) is 0 Å². The van der Waals surface area contributed by atoms with Gasteiger partial charge in [0, 0.05) is 24.4 Å². The van der Waals surface area contributed by atoms with E-state index in [9.17, 15) is 0 Å². The summed E-state index contributed by atoms with van der Waals surface area (Å²) in [5.41, 5.74) is 5.61. The molecule has 20 heavy (non-hydrogen) atoms. The number of aromatic nitrogens is 1. The molecule has 1 N–H and O–H groups in total. The van der Waals surface area contributed by atoms with Crippen LogP contribution in [0.4, 0.5) is 0 Å². The lowest BCUT2D eigenvalue weighted by Gasteiger charge is -2.16. The number of benzene rings is 1. The number of nitrogens with zero attached hydrogens (tertiary/aromatic N) is 1. The predicted molar refractivity (Wildman–Crippen MR) is 82.2 cm³/mol. The summed E-state index contributed by atoms with van der Waals surface area (Å²) in [5.74, 6) is 1.04. The fourth-order valence-electron chi connectivity index (χ4n) is 2.59. The summed E-state index contributed by atoms with van der Waals surface area (Å²) in [5, 5.41) is 3.49. The summed E-state index contributed by atoms with van der Waals surface area (Å²) in [6, 6.07) is 6.50. The van der Waals surface area contributed by atoms with Gasteiger partial charge in [0.05, 0.1) is 11.2 Å². The fraction of sp³-hybridized carbons (Fsp3) is 0.438. The van der Waals surface area contributed by atoms with Gasteiger partial charge in [0.2, 0.25) is 0 Å². The number of thiazole rings is 1. The molecule has 0 fully saturated rings. The molecule has 106 valence electrons. The molecule has 1 aromatic carbocycles. The number of hydrogen-bond donors (Lipinski definition) is 1. The van der Waals surface area contributed by atoms with E-state index < -0.39 is 0 Å². The van der Waals surface area contributed by atoms with Crippen LogP contribution in [0.2, 0.25) is 0 Å². The summed E-state index contributed by atoms with van der Waals surface area (Å²) < 4.78 is 5.90. The number of nitrogens with one attached hydrogen (secondary N) is 1. The van der Waals surface area contributed by atoms with Gasteiger partial charge in [-0.25, -0.2) is 4.98 Å². The Hall–Kier alpha value is -1.39. The average Bonchev–Trinajstić information content (AvgIpc) is 2.91. The highest BCUT2D eigenvalue weighted by atomic mass is 32.1. The van der Waals surface area contributed by atoms with Crippen molar-refractivity contribution in [3.63, 3.8) is 0 Å². The molecule has 0 spiro atoms. The van der Waals surface area contributed by atoms with Crippen LogP contribution >= 0.6 is 11.3 Å². The largest absolute Gasteiger partial charge is 0.487 e. The second-order valence-corrected chi connectivity index (χ2v) is 6.88. The van der Waals surface area contributed by atoms with Crippen molar-refractivity contribution < 1.29 is 4.74 Å². The van der Waals surface area contributed by atoms with E-state index in [1.165, 1.54) is 16.0 Å². The predicted octanol–water partition coefficient (Wildman–Crippen LogP) is 3.45. The van der Waals surface area contributed by atoms with Gasteiger partial charge < -0.3 is 10.1 Å². The minimum atomic E-state index is -0.0614. The van der Waals surface area contributed by atoms with Gasteiger partial charge in [-0.15, -0.1) is 11.3 Å². The molecular formula is C16H20N2OS. The van der Waals surface area contributed by atoms with Gasteiger partial charge in [-0.2, -0.15) is 0 Å². The standard InChI is InChI=1S/C16H20N2OS/c1-11-15(20-10-18-11)9-17-8-12-4-5-14-13(6-12)7-16(2,3)19-14/h4-6,10,17H,7-9H2,1-3H3. The van der Waals surface area contributed by atoms with Gasteiger partial charge in [-0.1, -0.05) is 12.1 Å². The maximum Gasteiger partial charge on any atom is 0.123 e. The van der Waals surface area contributed by atoms with Crippen LogP contribution in [0.5, 0.6) is 5.75 Å². The number of fused-ring (bicyclic) bond motifs is 1. The summed E-state index contributed by atoms with van der Waals surface area (Å²) in [6.45, 7) is 8.10. The molecule has 3 nitrogen and oxygen atoms in total. The Kier molecular flexibility index (Phi) is 3.52. The molecule has 1 aliphatic heterocycles. The first kappa shape index (κ1) is 13.6. The summed E-state index contributed by atoms with van der Waals surface area (Å²) >= 11 is 1.71. The highest BCUT2D eigenvalue weighted by Gasteiger charge is 2.29. The van der Waals surface area contributed by atoms with Crippen molar-refractivity contribution in [1.82, 2.24) is 10.3 Å². The van der Waals surface area contributed by atoms with Crippen LogP contribution in [0.3, 0.4) is 0 Å². The van der Waals surface area contributed by atoms with Gasteiger partial charge in [0.15, 0.2) is 0 Å². The van der Waals surface area contributed by atoms with Crippen LogP contribution in [-0.4, -0.2) is 10.6 Å². The third-order valence-electron chi connectivity index (χ3n) is 3.59. The third-order valence-corrected chi connectivity index (χ3v) is 4.52. The highest BCUT2D eigenvalue weighted by Crippen LogP contribution is 2.35. The molecule has 0 amide bonds. The van der Waals surface area contributed by atoms with E-state index in [1.807, 2.05) is 5.51 Å². The van der Waals surface area contributed by atoms with Crippen LogP contribution in [0.1, 0.15) is 35.5 Å². The number of ether oxygens (including phenoxy) is 1. The molecule has 1 aromatic heterocycles. The smallest absolute Gasteiger partial charge is 0.123 e. The molecule has 0 bridgehead atoms. The van der Waals surface area contributed by atoms with E-state index in [2.05, 4.69) is 49.3 Å². The van der Waals surface area contributed by atoms with Gasteiger partial charge in [0.1, 0.15) is 11.4 Å². The van der Waals surface area contributed by atoms with E-state index >= 15 is 0 Å². The monoisotopic (exact) mass is 288 g/mol. The van der Waals surface area contributed by atoms with Crippen molar-refractivity contribution in [1.29, 1.82) is 0 Å². The zero-order chi connectivity index (χ0) is 14.2. The minimum Gasteiger partial charge on any atom is -0.487 e. The topological polar surface area (TPSA) is 34.2 Å². The summed E-state index contributed by atoms with van der Waals surface area (Å²) in [4.78, 5) is 5.58. The van der Waals surface area contributed by atoms with Crippen LogP contribution in [-0.2, 0) is 19.5 Å². The summed E-state index contributed by atoms with van der Waals surface area (Å²) in [6.07, 6.45) is 0.990. The Morgan fingerprint density at radius 1 is 1.35 bits per heavy atom. The first-order valence-electron chi connectivity index (χ1n) is 6.94. The molecule has 1 aliphatic rings. The van der Waals surface area contributed by atoms with Crippen molar-refractivity contribution in [2.75, 3.05) is 0 Å². The lowest BCUT2D eigenvalue weighted by Crippen LogP contribution is -2.24. The van der Waals surface area contributed by atoms with Crippen molar-refractivity contribution in [3.8, 4) is 5.75 Å². The van der Waals surface area contributed by atoms with Gasteiger partial charge in [-0.05, 0) is 38.0 Å². The molecule has 0 saturated carbocycles. The molecule has 0 radical (unpaired) electrons. The zero-order valence-electron chi connectivity index (χ0n) is 12.2. The molecule has 3 rings (SSSR count). The first-order valence-corrected chi connectivity index (χ1v) is 7.82. The molecule has 0 aliphatic carbocycles. The lowest BCUT2D eigenvalue weighted by molar-refractivity contribution is 0.138. The van der Waals surface area contributed by atoms with Gasteiger partial charge in [-0.3, -0.25) is 0 Å². The van der Waals surface area contributed by atoms with Gasteiger partial charge in [0.25, 0.3) is 0 Å². The van der Waals surface area contributed by atoms with Crippen molar-refractivity contribution in [2.24, 2.45) is 0 Å². The molecule has 0 saturated heterocycles. The molecule has 4 heteroatoms. The minimum absolute atomic E-state index is 0.0614. The third kappa shape index (κ3) is 2.86. The van der Waals surface area contributed by atoms with E-state index in [-0.39, 0.29) is 5.60 Å². The van der Waals surface area contributed by atoms with Crippen molar-refractivity contribution >= 4 is 11.3 Å². The van der Waals surface area contributed by atoms with Crippen LogP contribution in [0.15, 0.2) is 23.7 Å². The van der Waals surface area contributed by atoms with E-state index in [4.69, 9.17) is 4.74 Å². The first-order chi connectivity index (χ1) is 9.53. The zero-order valence-corrected chi connectivity index (χ0v) is 13.0. The Morgan fingerprint density at radius 2 is 2.20 bits per heavy atom. The van der Waals surface area contributed by atoms with E-state index in [1.54, 1.807) is 11.3 Å². The lowest BCUT2D eigenvalue weighted by atomic mass is 10.0. The number of aryl methyl sites for hydroxylation is 1. The average molecular weight is 288 g/mol. The Bertz CT molecular complexity index is 619. The Balaban J connectivity index is 1.61. The summed E-state index contributed by atoms with van der Waals surface area (Å²) in [7, 11) is 0. The second-order valence-electron chi connectivity index (χ2n) is 5.95. The number of hydrogen-bond acceptors (Lipinski definition) is 4. The molecule has 0 unspecified atom stereocenters. The Morgan fingerprint density at radius 3 is 2.95 bits per heavy atom. The highest BCUT2D eigenvalue weighted by molar-refractivity contribution is 7.09. The number of rotatable bonds is 4. The van der Waals surface area contributed by atoms with Crippen LogP contribution < -0.4 is 10.1 Å². The maximum atomic E-state index is 5.90. The van der Waals surface area contributed by atoms with Gasteiger partial charge >= 0.3 is 0 Å². The molecule has 0 atom stereocenters. The van der Waals surface area contributed by atoms with Crippen LogP contribution in [0, 0.1) is 6.92 Å². The second kappa shape index (κ2) is 5.19. The quantitative estimate of drug-likeness (QED) is 0.935. The van der Waals surface area contributed by atoms with E-state index in [0.29, 0.717) is 0 Å². The SMILES string of the molecule is Cc1ncsc1CNCc1ccc2c(c1)CC(C)(C)O2.